The molecule has 0 saturated carbocycles. The van der Waals surface area contributed by atoms with Crippen LogP contribution in [0.15, 0.2) is 12.4 Å². The minimum absolute atomic E-state index is 0.741. The van der Waals surface area contributed by atoms with E-state index in [4.69, 9.17) is 0 Å². The molecule has 1 atom stereocenters. The van der Waals surface area contributed by atoms with E-state index < -0.39 is 0 Å². The van der Waals surface area contributed by atoms with Gasteiger partial charge in [-0.1, -0.05) is 13.0 Å². The van der Waals surface area contributed by atoms with E-state index in [-0.39, 0.29) is 0 Å². The van der Waals surface area contributed by atoms with Crippen LogP contribution in [0.3, 0.4) is 0 Å². The molecule has 1 aliphatic rings. The van der Waals surface area contributed by atoms with Crippen LogP contribution in [0, 0.1) is 6.92 Å². The van der Waals surface area contributed by atoms with Crippen molar-refractivity contribution in [2.45, 2.75) is 39.0 Å². The SMILES string of the molecule is CCC1CCc2c1cc(C)c1nncn21. The van der Waals surface area contributed by atoms with Gasteiger partial charge in [-0.3, -0.25) is 4.40 Å². The van der Waals surface area contributed by atoms with Crippen LogP contribution in [0.1, 0.15) is 42.5 Å². The lowest BCUT2D eigenvalue weighted by Gasteiger charge is -2.10. The molecule has 1 unspecified atom stereocenters. The molecule has 0 spiro atoms. The van der Waals surface area contributed by atoms with Crippen molar-refractivity contribution >= 4 is 5.65 Å². The first kappa shape index (κ1) is 8.89. The highest BCUT2D eigenvalue weighted by Crippen LogP contribution is 2.36. The quantitative estimate of drug-likeness (QED) is 0.709. The molecule has 2 aromatic heterocycles. The molecule has 1 aliphatic carbocycles. The van der Waals surface area contributed by atoms with Gasteiger partial charge in [0.15, 0.2) is 5.65 Å². The molecule has 78 valence electrons. The van der Waals surface area contributed by atoms with Crippen molar-refractivity contribution in [2.24, 2.45) is 0 Å². The van der Waals surface area contributed by atoms with Crippen molar-refractivity contribution in [3.05, 3.63) is 29.2 Å². The Hall–Kier alpha value is -1.38. The second kappa shape index (κ2) is 3.05. The third kappa shape index (κ3) is 1.12. The highest BCUT2D eigenvalue weighted by Gasteiger charge is 2.24. The summed E-state index contributed by atoms with van der Waals surface area (Å²) in [5.41, 5.74) is 5.20. The number of hydrogen-bond acceptors (Lipinski definition) is 2. The molecular weight excluding hydrogens is 186 g/mol. The Balaban J connectivity index is 2.32. The van der Waals surface area contributed by atoms with Crippen molar-refractivity contribution in [1.82, 2.24) is 14.6 Å². The fourth-order valence-electron chi connectivity index (χ4n) is 2.73. The summed E-state index contributed by atoms with van der Waals surface area (Å²) in [6.45, 7) is 4.39. The van der Waals surface area contributed by atoms with Gasteiger partial charge in [0.1, 0.15) is 6.33 Å². The zero-order valence-electron chi connectivity index (χ0n) is 9.20. The zero-order chi connectivity index (χ0) is 10.4. The van der Waals surface area contributed by atoms with Crippen molar-refractivity contribution in [2.75, 3.05) is 0 Å². The van der Waals surface area contributed by atoms with Crippen LogP contribution in [-0.2, 0) is 6.42 Å². The highest BCUT2D eigenvalue weighted by molar-refractivity contribution is 5.51. The molecule has 2 aromatic rings. The van der Waals surface area contributed by atoms with Crippen LogP contribution in [0.2, 0.25) is 0 Å². The van der Waals surface area contributed by atoms with Gasteiger partial charge in [-0.05, 0) is 43.2 Å². The first-order valence-electron chi connectivity index (χ1n) is 5.63. The monoisotopic (exact) mass is 201 g/mol. The third-order valence-corrected chi connectivity index (χ3v) is 3.56. The molecule has 15 heavy (non-hydrogen) atoms. The molecule has 2 heterocycles. The molecule has 0 aliphatic heterocycles. The highest BCUT2D eigenvalue weighted by atomic mass is 15.2. The van der Waals surface area contributed by atoms with Crippen LogP contribution in [-0.4, -0.2) is 14.6 Å². The van der Waals surface area contributed by atoms with Gasteiger partial charge in [0.25, 0.3) is 0 Å². The van der Waals surface area contributed by atoms with E-state index in [1.54, 1.807) is 0 Å². The maximum Gasteiger partial charge on any atom is 0.163 e. The number of nitrogens with zero attached hydrogens (tertiary/aromatic N) is 3. The second-order valence-corrected chi connectivity index (χ2v) is 4.40. The molecule has 0 saturated heterocycles. The van der Waals surface area contributed by atoms with Crippen LogP contribution in [0.4, 0.5) is 0 Å². The van der Waals surface area contributed by atoms with E-state index in [2.05, 4.69) is 34.5 Å². The number of pyridine rings is 1. The predicted octanol–water partition coefficient (Wildman–Crippen LogP) is 2.48. The summed E-state index contributed by atoms with van der Waals surface area (Å²) in [6.07, 6.45) is 5.53. The first-order valence-corrected chi connectivity index (χ1v) is 5.63. The summed E-state index contributed by atoms with van der Waals surface area (Å²) in [6, 6.07) is 2.31. The molecular formula is C12H15N3. The van der Waals surface area contributed by atoms with Gasteiger partial charge in [-0.25, -0.2) is 0 Å². The molecule has 0 aromatic carbocycles. The maximum atomic E-state index is 4.16. The van der Waals surface area contributed by atoms with Gasteiger partial charge < -0.3 is 0 Å². The third-order valence-electron chi connectivity index (χ3n) is 3.56. The molecule has 3 heteroatoms. The molecule has 0 N–H and O–H groups in total. The summed E-state index contributed by atoms with van der Waals surface area (Å²) in [4.78, 5) is 0. The Morgan fingerprint density at radius 2 is 2.40 bits per heavy atom. The Morgan fingerprint density at radius 1 is 1.53 bits per heavy atom. The lowest BCUT2D eigenvalue weighted by molar-refractivity contribution is 0.655. The van der Waals surface area contributed by atoms with Gasteiger partial charge in [0.05, 0.1) is 0 Å². The van der Waals surface area contributed by atoms with Crippen LogP contribution < -0.4 is 0 Å². The van der Waals surface area contributed by atoms with E-state index in [1.807, 2.05) is 6.33 Å². The number of fused-ring (bicyclic) bond motifs is 3. The van der Waals surface area contributed by atoms with Crippen LogP contribution >= 0.6 is 0 Å². The average molecular weight is 201 g/mol. The van der Waals surface area contributed by atoms with Gasteiger partial charge in [-0.15, -0.1) is 10.2 Å². The topological polar surface area (TPSA) is 30.2 Å². The largest absolute Gasteiger partial charge is 0.285 e. The zero-order valence-corrected chi connectivity index (χ0v) is 9.20. The Labute approximate surface area is 89.1 Å². The molecule has 0 fully saturated rings. The van der Waals surface area contributed by atoms with E-state index in [9.17, 15) is 0 Å². The van der Waals surface area contributed by atoms with E-state index >= 15 is 0 Å². The van der Waals surface area contributed by atoms with Gasteiger partial charge in [0.2, 0.25) is 0 Å². The summed E-state index contributed by atoms with van der Waals surface area (Å²) < 4.78 is 2.17. The van der Waals surface area contributed by atoms with Crippen LogP contribution in [0.5, 0.6) is 0 Å². The first-order chi connectivity index (χ1) is 7.31. The van der Waals surface area contributed by atoms with Gasteiger partial charge in [-0.2, -0.15) is 0 Å². The fraction of sp³-hybridized carbons (Fsp3) is 0.500. The maximum absolute atomic E-state index is 4.16. The smallest absolute Gasteiger partial charge is 0.163 e. The van der Waals surface area contributed by atoms with Gasteiger partial charge >= 0.3 is 0 Å². The number of aryl methyl sites for hydroxylation is 2. The van der Waals surface area contributed by atoms with Gasteiger partial charge in [0, 0.05) is 5.69 Å². The van der Waals surface area contributed by atoms with Crippen molar-refractivity contribution < 1.29 is 0 Å². The lowest BCUT2D eigenvalue weighted by atomic mass is 9.99. The summed E-state index contributed by atoms with van der Waals surface area (Å²) in [5.74, 6) is 0.741. The molecule has 0 amide bonds. The van der Waals surface area contributed by atoms with E-state index in [0.29, 0.717) is 0 Å². The molecule has 3 rings (SSSR count). The van der Waals surface area contributed by atoms with Crippen LogP contribution in [0.25, 0.3) is 5.65 Å². The van der Waals surface area contributed by atoms with E-state index in [1.165, 1.54) is 36.1 Å². The Bertz CT molecular complexity index is 513. The molecule has 3 nitrogen and oxygen atoms in total. The lowest BCUT2D eigenvalue weighted by Crippen LogP contribution is -1.98. The normalized spacial score (nSPS) is 19.7. The summed E-state index contributed by atoms with van der Waals surface area (Å²) in [7, 11) is 0. The van der Waals surface area contributed by atoms with E-state index in [0.717, 1.165) is 11.6 Å². The molecule has 0 radical (unpaired) electrons. The second-order valence-electron chi connectivity index (χ2n) is 4.40. The number of rotatable bonds is 1. The standard InChI is InChI=1S/C12H15N3/c1-3-9-4-5-11-10(9)6-8(2)12-14-13-7-15(11)12/h6-7,9H,3-5H2,1-2H3. The fourth-order valence-corrected chi connectivity index (χ4v) is 2.73. The average Bonchev–Trinajstić information content (AvgIpc) is 2.81. The van der Waals surface area contributed by atoms with Crippen molar-refractivity contribution in [3.63, 3.8) is 0 Å². The Kier molecular flexibility index (Phi) is 1.81. The van der Waals surface area contributed by atoms with Crippen molar-refractivity contribution in [1.29, 1.82) is 0 Å². The Morgan fingerprint density at radius 3 is 3.20 bits per heavy atom. The van der Waals surface area contributed by atoms with Crippen molar-refractivity contribution in [3.8, 4) is 0 Å². The predicted molar refractivity (Wildman–Crippen MR) is 59.1 cm³/mol. The number of aromatic nitrogens is 3. The minimum atomic E-state index is 0.741. The number of hydrogen-bond donors (Lipinski definition) is 0. The summed E-state index contributed by atoms with van der Waals surface area (Å²) in [5, 5.41) is 8.16. The minimum Gasteiger partial charge on any atom is -0.285 e. The summed E-state index contributed by atoms with van der Waals surface area (Å²) >= 11 is 0. The molecule has 0 bridgehead atoms.